The number of hydrogen-bond donors (Lipinski definition) is 1. The van der Waals surface area contributed by atoms with Gasteiger partial charge in [0.2, 0.25) is 0 Å². The number of anilines is 1. The largest absolute Gasteiger partial charge is 0.465 e. The highest BCUT2D eigenvalue weighted by Crippen LogP contribution is 2.25. The van der Waals surface area contributed by atoms with Crippen LogP contribution in [0.2, 0.25) is 5.02 Å². The van der Waals surface area contributed by atoms with Gasteiger partial charge in [0, 0.05) is 12.4 Å². The molecule has 122 valence electrons. The molecular weight excluding hydrogens is 332 g/mol. The van der Waals surface area contributed by atoms with Crippen molar-refractivity contribution in [2.75, 3.05) is 12.4 Å². The molecule has 0 aliphatic rings. The van der Waals surface area contributed by atoms with Gasteiger partial charge in [0.05, 0.1) is 29.1 Å². The molecule has 0 saturated carbocycles. The Bertz CT molecular complexity index is 952. The van der Waals surface area contributed by atoms with Crippen molar-refractivity contribution in [2.24, 2.45) is 0 Å². The summed E-state index contributed by atoms with van der Waals surface area (Å²) in [4.78, 5) is 28.4. The van der Waals surface area contributed by atoms with Crippen molar-refractivity contribution in [1.82, 2.24) is 14.6 Å². The molecule has 8 heteroatoms. The minimum Gasteiger partial charge on any atom is -0.465 e. The maximum atomic E-state index is 12.6. The zero-order valence-corrected chi connectivity index (χ0v) is 13.7. The molecule has 0 unspecified atom stereocenters. The van der Waals surface area contributed by atoms with E-state index in [1.54, 1.807) is 25.4 Å². The summed E-state index contributed by atoms with van der Waals surface area (Å²) < 4.78 is 6.19. The lowest BCUT2D eigenvalue weighted by Gasteiger charge is -2.08. The Morgan fingerprint density at radius 1 is 1.33 bits per heavy atom. The number of nitrogens with zero attached hydrogens (tertiary/aromatic N) is 3. The molecule has 24 heavy (non-hydrogen) atoms. The molecule has 0 bridgehead atoms. The van der Waals surface area contributed by atoms with Gasteiger partial charge >= 0.3 is 5.97 Å². The number of carbonyl (C=O) groups is 2. The van der Waals surface area contributed by atoms with Gasteiger partial charge in [-0.15, -0.1) is 0 Å². The average molecular weight is 345 g/mol. The number of esters is 1. The fraction of sp³-hybridized carbons (Fsp3) is 0.125. The van der Waals surface area contributed by atoms with Crippen LogP contribution in [-0.4, -0.2) is 33.6 Å². The smallest absolute Gasteiger partial charge is 0.337 e. The quantitative estimate of drug-likeness (QED) is 0.738. The van der Waals surface area contributed by atoms with E-state index in [-0.39, 0.29) is 5.56 Å². The van der Waals surface area contributed by atoms with Gasteiger partial charge in [-0.2, -0.15) is 5.10 Å². The first kappa shape index (κ1) is 15.9. The molecule has 3 aromatic rings. The number of aryl methyl sites for hydroxylation is 1. The van der Waals surface area contributed by atoms with E-state index >= 15 is 0 Å². The third-order valence-corrected chi connectivity index (χ3v) is 3.76. The molecule has 2 aromatic heterocycles. The minimum atomic E-state index is -0.518. The molecule has 0 fully saturated rings. The number of hydrogen-bond acceptors (Lipinski definition) is 5. The number of benzene rings is 1. The molecule has 7 nitrogen and oxygen atoms in total. The van der Waals surface area contributed by atoms with Gasteiger partial charge in [-0.3, -0.25) is 4.79 Å². The van der Waals surface area contributed by atoms with Crippen molar-refractivity contribution in [2.45, 2.75) is 6.92 Å². The maximum Gasteiger partial charge on any atom is 0.337 e. The number of amides is 1. The molecule has 0 saturated heterocycles. The van der Waals surface area contributed by atoms with Crippen LogP contribution in [0.1, 0.15) is 26.4 Å². The number of nitrogens with one attached hydrogen (secondary N) is 1. The first-order valence-corrected chi connectivity index (χ1v) is 7.38. The lowest BCUT2D eigenvalue weighted by molar-refractivity contribution is 0.0600. The first-order chi connectivity index (χ1) is 11.5. The van der Waals surface area contributed by atoms with Crippen molar-refractivity contribution in [3.63, 3.8) is 0 Å². The second kappa shape index (κ2) is 6.29. The van der Waals surface area contributed by atoms with E-state index in [2.05, 4.69) is 20.1 Å². The van der Waals surface area contributed by atoms with Crippen molar-refractivity contribution in [1.29, 1.82) is 0 Å². The Kier molecular flexibility index (Phi) is 4.18. The van der Waals surface area contributed by atoms with E-state index in [1.807, 2.05) is 0 Å². The third kappa shape index (κ3) is 2.81. The second-order valence-electron chi connectivity index (χ2n) is 4.99. The van der Waals surface area contributed by atoms with Crippen LogP contribution in [0.4, 0.5) is 5.69 Å². The Balaban J connectivity index is 1.97. The van der Waals surface area contributed by atoms with Crippen LogP contribution in [0.25, 0.3) is 5.65 Å². The normalized spacial score (nSPS) is 10.6. The van der Waals surface area contributed by atoms with Crippen LogP contribution in [0, 0.1) is 6.92 Å². The van der Waals surface area contributed by atoms with Gasteiger partial charge in [0.15, 0.2) is 5.65 Å². The number of rotatable bonds is 3. The standard InChI is InChI=1S/C16H13ClN4O3/c1-9-13(14-18-6-3-7-21(14)20-9)15(22)19-12-8-10(16(23)24-2)4-5-11(12)17/h3-8H,1-2H3,(H,19,22). The molecule has 1 aromatic carbocycles. The summed E-state index contributed by atoms with van der Waals surface area (Å²) in [6.45, 7) is 1.72. The molecule has 0 aliphatic heterocycles. The van der Waals surface area contributed by atoms with Gasteiger partial charge in [-0.05, 0) is 31.2 Å². The molecular formula is C16H13ClN4O3. The van der Waals surface area contributed by atoms with Gasteiger partial charge < -0.3 is 10.1 Å². The van der Waals surface area contributed by atoms with Gasteiger partial charge in [0.25, 0.3) is 5.91 Å². The van der Waals surface area contributed by atoms with Crippen molar-refractivity contribution >= 4 is 34.8 Å². The Hall–Kier alpha value is -2.93. The van der Waals surface area contributed by atoms with Crippen LogP contribution in [0.15, 0.2) is 36.7 Å². The highest BCUT2D eigenvalue weighted by molar-refractivity contribution is 6.34. The maximum absolute atomic E-state index is 12.6. The van der Waals surface area contributed by atoms with Crippen molar-refractivity contribution in [3.05, 3.63) is 58.5 Å². The van der Waals surface area contributed by atoms with Crippen molar-refractivity contribution in [3.8, 4) is 0 Å². The SMILES string of the molecule is COC(=O)c1ccc(Cl)c(NC(=O)c2c(C)nn3cccnc23)c1. The number of carbonyl (C=O) groups excluding carboxylic acids is 2. The Labute approximate surface area is 142 Å². The van der Waals surface area contributed by atoms with Crippen LogP contribution in [0.3, 0.4) is 0 Å². The number of halogens is 1. The van der Waals surface area contributed by atoms with E-state index in [0.29, 0.717) is 27.6 Å². The van der Waals surface area contributed by atoms with Crippen LogP contribution in [-0.2, 0) is 4.74 Å². The summed E-state index contributed by atoms with van der Waals surface area (Å²) in [7, 11) is 1.28. The van der Waals surface area contributed by atoms with Crippen molar-refractivity contribution < 1.29 is 14.3 Å². The second-order valence-corrected chi connectivity index (χ2v) is 5.40. The summed E-state index contributed by atoms with van der Waals surface area (Å²) in [5.74, 6) is -0.930. The minimum absolute atomic E-state index is 0.284. The molecule has 0 radical (unpaired) electrons. The lowest BCUT2D eigenvalue weighted by Crippen LogP contribution is -2.14. The van der Waals surface area contributed by atoms with Gasteiger partial charge in [-0.1, -0.05) is 11.6 Å². The van der Waals surface area contributed by atoms with E-state index in [0.717, 1.165) is 0 Å². The highest BCUT2D eigenvalue weighted by Gasteiger charge is 2.19. The van der Waals surface area contributed by atoms with E-state index in [4.69, 9.17) is 11.6 Å². The van der Waals surface area contributed by atoms with Crippen LogP contribution < -0.4 is 5.32 Å². The number of ether oxygens (including phenoxy) is 1. The third-order valence-electron chi connectivity index (χ3n) is 3.43. The van der Waals surface area contributed by atoms with Gasteiger partial charge in [0.1, 0.15) is 5.56 Å². The molecule has 0 spiro atoms. The number of aromatic nitrogens is 3. The Morgan fingerprint density at radius 3 is 2.88 bits per heavy atom. The summed E-state index contributed by atoms with van der Waals surface area (Å²) in [6, 6.07) is 6.22. The predicted octanol–water partition coefficient (Wildman–Crippen LogP) is 2.73. The summed E-state index contributed by atoms with van der Waals surface area (Å²) in [6.07, 6.45) is 3.29. The topological polar surface area (TPSA) is 85.6 Å². The number of fused-ring (bicyclic) bond motifs is 1. The van der Waals surface area contributed by atoms with Crippen LogP contribution in [0.5, 0.6) is 0 Å². The summed E-state index contributed by atoms with van der Waals surface area (Å²) in [5, 5.41) is 7.24. The van der Waals surface area contributed by atoms with E-state index in [1.165, 1.54) is 29.8 Å². The monoisotopic (exact) mass is 344 g/mol. The fourth-order valence-electron chi connectivity index (χ4n) is 2.31. The molecule has 2 heterocycles. The average Bonchev–Trinajstić information content (AvgIpc) is 2.91. The molecule has 1 amide bonds. The first-order valence-electron chi connectivity index (χ1n) is 7.00. The number of methoxy groups -OCH3 is 1. The van der Waals surface area contributed by atoms with E-state index < -0.39 is 11.9 Å². The molecule has 1 N–H and O–H groups in total. The summed E-state index contributed by atoms with van der Waals surface area (Å²) >= 11 is 6.10. The lowest BCUT2D eigenvalue weighted by atomic mass is 10.2. The zero-order chi connectivity index (χ0) is 17.3. The summed E-state index contributed by atoms with van der Waals surface area (Å²) in [5.41, 5.74) is 1.90. The Morgan fingerprint density at radius 2 is 2.12 bits per heavy atom. The van der Waals surface area contributed by atoms with Gasteiger partial charge in [-0.25, -0.2) is 14.3 Å². The molecule has 0 atom stereocenters. The predicted molar refractivity (Wildman–Crippen MR) is 88.5 cm³/mol. The highest BCUT2D eigenvalue weighted by atomic mass is 35.5. The molecule has 0 aliphatic carbocycles. The zero-order valence-electron chi connectivity index (χ0n) is 12.9. The van der Waals surface area contributed by atoms with Crippen LogP contribution >= 0.6 is 11.6 Å². The fourth-order valence-corrected chi connectivity index (χ4v) is 2.48. The van der Waals surface area contributed by atoms with E-state index in [9.17, 15) is 9.59 Å². The molecule has 3 rings (SSSR count).